The number of carboxylic acids is 1. The van der Waals surface area contributed by atoms with Crippen LogP contribution in [0.3, 0.4) is 0 Å². The highest BCUT2D eigenvalue weighted by Gasteiger charge is 2.22. The van der Waals surface area contributed by atoms with Crippen LogP contribution in [-0.4, -0.2) is 46.9 Å². The zero-order chi connectivity index (χ0) is 30.7. The van der Waals surface area contributed by atoms with Crippen molar-refractivity contribution < 1.29 is 24.2 Å². The van der Waals surface area contributed by atoms with Crippen molar-refractivity contribution >= 4 is 29.0 Å². The maximum atomic E-state index is 13.2. The summed E-state index contributed by atoms with van der Waals surface area (Å²) in [6, 6.07) is 34.8. The predicted molar refractivity (Wildman–Crippen MR) is 169 cm³/mol. The topological polar surface area (TPSA) is 109 Å². The number of amides is 1. The Labute approximate surface area is 255 Å². The highest BCUT2D eigenvalue weighted by Crippen LogP contribution is 2.22. The lowest BCUT2D eigenvalue weighted by atomic mass is 10.00. The minimum atomic E-state index is -1.04. The van der Waals surface area contributed by atoms with Crippen molar-refractivity contribution in [3.8, 4) is 5.75 Å². The molecule has 1 aromatic heterocycles. The van der Waals surface area contributed by atoms with Gasteiger partial charge in [0.1, 0.15) is 18.4 Å². The molecule has 1 heterocycles. The summed E-state index contributed by atoms with van der Waals surface area (Å²) >= 11 is 0. The van der Waals surface area contributed by atoms with Crippen LogP contribution in [0.5, 0.6) is 5.75 Å². The molecule has 44 heavy (non-hydrogen) atoms. The molecular weight excluding hydrogens is 554 g/mol. The summed E-state index contributed by atoms with van der Waals surface area (Å²) in [6.07, 6.45) is 3.35. The number of pyridine rings is 1. The number of nitrogens with zero attached hydrogens (tertiary/aromatic N) is 2. The fraction of sp³-hybridized carbons (Fsp3) is 0.111. The number of anilines is 2. The Morgan fingerprint density at radius 3 is 2.11 bits per heavy atom. The van der Waals surface area contributed by atoms with Crippen LogP contribution < -0.4 is 15.0 Å². The van der Waals surface area contributed by atoms with Gasteiger partial charge in [0.15, 0.2) is 5.78 Å². The molecule has 2 N–H and O–H groups in total. The zero-order valence-corrected chi connectivity index (χ0v) is 23.9. The van der Waals surface area contributed by atoms with E-state index in [0.717, 1.165) is 11.3 Å². The highest BCUT2D eigenvalue weighted by molar-refractivity contribution is 6.12. The third kappa shape index (κ3) is 7.54. The van der Waals surface area contributed by atoms with Gasteiger partial charge in [-0.3, -0.25) is 14.6 Å². The molecule has 0 unspecified atom stereocenters. The van der Waals surface area contributed by atoms with Crippen LogP contribution in [0, 0.1) is 0 Å². The number of nitrogens with one attached hydrogen (secondary N) is 1. The molecule has 0 bridgehead atoms. The predicted octanol–water partition coefficient (Wildman–Crippen LogP) is 6.15. The second-order valence-corrected chi connectivity index (χ2v) is 10.0. The van der Waals surface area contributed by atoms with Crippen LogP contribution in [0.1, 0.15) is 31.8 Å². The number of hydrogen-bond acceptors (Lipinski definition) is 6. The van der Waals surface area contributed by atoms with Crippen molar-refractivity contribution in [2.45, 2.75) is 12.5 Å². The minimum Gasteiger partial charge on any atom is -0.492 e. The summed E-state index contributed by atoms with van der Waals surface area (Å²) in [5.41, 5.74) is 3.39. The lowest BCUT2D eigenvalue weighted by Crippen LogP contribution is -2.34. The Kier molecular flexibility index (Phi) is 9.74. The third-order valence-electron chi connectivity index (χ3n) is 7.00. The van der Waals surface area contributed by atoms with Gasteiger partial charge in [-0.25, -0.2) is 4.79 Å². The highest BCUT2D eigenvalue weighted by atomic mass is 16.5. The van der Waals surface area contributed by atoms with Crippen molar-refractivity contribution in [1.29, 1.82) is 0 Å². The van der Waals surface area contributed by atoms with Gasteiger partial charge in [0, 0.05) is 41.3 Å². The van der Waals surface area contributed by atoms with Crippen LogP contribution in [0.25, 0.3) is 0 Å². The molecule has 1 atom stereocenters. The number of rotatable bonds is 13. The Morgan fingerprint density at radius 2 is 1.43 bits per heavy atom. The first-order valence-electron chi connectivity index (χ1n) is 14.2. The van der Waals surface area contributed by atoms with Gasteiger partial charge in [-0.1, -0.05) is 72.8 Å². The second-order valence-electron chi connectivity index (χ2n) is 10.0. The molecule has 0 spiro atoms. The van der Waals surface area contributed by atoms with Gasteiger partial charge in [-0.05, 0) is 54.1 Å². The second kappa shape index (κ2) is 14.4. The number of aliphatic carboxylic acids is 1. The van der Waals surface area contributed by atoms with Gasteiger partial charge >= 0.3 is 5.97 Å². The molecule has 0 aliphatic carbocycles. The molecule has 0 saturated carbocycles. The molecular formula is C36H31N3O5. The largest absolute Gasteiger partial charge is 0.492 e. The van der Waals surface area contributed by atoms with E-state index < -0.39 is 12.0 Å². The number of aromatic nitrogens is 1. The van der Waals surface area contributed by atoms with E-state index in [0.29, 0.717) is 34.7 Å². The standard InChI is InChI=1S/C36H31N3O5/c40-34(27-10-3-1-4-11-27)31-15-7-8-16-32(31)38-33(36(42)43)24-26-17-19-30(20-18-26)44-23-22-39(29-13-5-2-6-14-29)35(41)28-12-9-21-37-25-28/h1-21,25,33,38H,22-24H2,(H,42,43)/t33-/m0/s1. The monoisotopic (exact) mass is 585 g/mol. The molecule has 0 radical (unpaired) electrons. The van der Waals surface area contributed by atoms with Gasteiger partial charge in [0.25, 0.3) is 5.91 Å². The molecule has 220 valence electrons. The van der Waals surface area contributed by atoms with E-state index in [4.69, 9.17) is 4.74 Å². The Balaban J connectivity index is 1.22. The van der Waals surface area contributed by atoms with Gasteiger partial charge in [-0.2, -0.15) is 0 Å². The van der Waals surface area contributed by atoms with E-state index in [1.807, 2.05) is 48.5 Å². The minimum absolute atomic E-state index is 0.178. The molecule has 0 saturated heterocycles. The van der Waals surface area contributed by atoms with Gasteiger partial charge in [0.2, 0.25) is 0 Å². The fourth-order valence-electron chi connectivity index (χ4n) is 4.75. The maximum Gasteiger partial charge on any atom is 0.326 e. The van der Waals surface area contributed by atoms with Gasteiger partial charge in [0.05, 0.1) is 12.1 Å². The average Bonchev–Trinajstić information content (AvgIpc) is 3.08. The van der Waals surface area contributed by atoms with Gasteiger partial charge in [-0.15, -0.1) is 0 Å². The molecule has 4 aromatic carbocycles. The molecule has 5 rings (SSSR count). The number of ketones is 1. The molecule has 0 aliphatic heterocycles. The number of ether oxygens (including phenoxy) is 1. The molecule has 1 amide bonds. The smallest absolute Gasteiger partial charge is 0.326 e. The van der Waals surface area contributed by atoms with Crippen molar-refractivity contribution in [2.75, 3.05) is 23.4 Å². The summed E-state index contributed by atoms with van der Waals surface area (Å²) in [7, 11) is 0. The summed E-state index contributed by atoms with van der Waals surface area (Å²) in [5, 5.41) is 13.0. The van der Waals surface area contributed by atoms with Crippen molar-refractivity contribution in [3.63, 3.8) is 0 Å². The number of carbonyl (C=O) groups is 3. The number of benzene rings is 4. The van der Waals surface area contributed by atoms with E-state index in [1.54, 1.807) is 83.9 Å². The average molecular weight is 586 g/mol. The van der Waals surface area contributed by atoms with Crippen LogP contribution >= 0.6 is 0 Å². The van der Waals surface area contributed by atoms with Crippen molar-refractivity contribution in [3.05, 3.63) is 156 Å². The summed E-state index contributed by atoms with van der Waals surface area (Å²) in [4.78, 5) is 44.2. The van der Waals surface area contributed by atoms with Crippen molar-refractivity contribution in [1.82, 2.24) is 4.98 Å². The van der Waals surface area contributed by atoms with Crippen LogP contribution in [0.15, 0.2) is 134 Å². The summed E-state index contributed by atoms with van der Waals surface area (Å²) in [5.74, 6) is -0.810. The van der Waals surface area contributed by atoms with E-state index in [-0.39, 0.29) is 24.7 Å². The first kappa shape index (κ1) is 29.7. The molecule has 8 heteroatoms. The van der Waals surface area contributed by atoms with Crippen LogP contribution in [-0.2, 0) is 11.2 Å². The van der Waals surface area contributed by atoms with E-state index in [2.05, 4.69) is 10.3 Å². The lowest BCUT2D eigenvalue weighted by Gasteiger charge is -2.23. The first-order chi connectivity index (χ1) is 21.5. The van der Waals surface area contributed by atoms with Crippen LogP contribution in [0.4, 0.5) is 11.4 Å². The van der Waals surface area contributed by atoms with Crippen molar-refractivity contribution in [2.24, 2.45) is 0 Å². The van der Waals surface area contributed by atoms with E-state index >= 15 is 0 Å². The lowest BCUT2D eigenvalue weighted by molar-refractivity contribution is -0.137. The molecule has 0 fully saturated rings. The Bertz CT molecular complexity index is 1700. The Hall–Kier alpha value is -5.76. The SMILES string of the molecule is O=C(c1ccccc1)c1ccccc1N[C@@H](Cc1ccc(OCCN(C(=O)c2cccnc2)c2ccccc2)cc1)C(=O)O. The number of para-hydroxylation sites is 2. The maximum absolute atomic E-state index is 13.2. The summed E-state index contributed by atoms with van der Waals surface area (Å²) < 4.78 is 5.95. The number of hydrogen-bond donors (Lipinski definition) is 2. The molecule has 8 nitrogen and oxygen atoms in total. The first-order valence-corrected chi connectivity index (χ1v) is 14.2. The summed E-state index contributed by atoms with van der Waals surface area (Å²) in [6.45, 7) is 0.553. The van der Waals surface area contributed by atoms with Crippen LogP contribution in [0.2, 0.25) is 0 Å². The quantitative estimate of drug-likeness (QED) is 0.160. The molecule has 5 aromatic rings. The molecule has 0 aliphatic rings. The van der Waals surface area contributed by atoms with Gasteiger partial charge < -0.3 is 20.1 Å². The Morgan fingerprint density at radius 1 is 0.773 bits per heavy atom. The fourth-order valence-corrected chi connectivity index (χ4v) is 4.75. The normalized spacial score (nSPS) is 11.3. The number of carbonyl (C=O) groups excluding carboxylic acids is 2. The third-order valence-corrected chi connectivity index (χ3v) is 7.00. The van der Waals surface area contributed by atoms with E-state index in [9.17, 15) is 19.5 Å². The zero-order valence-electron chi connectivity index (χ0n) is 23.9. The van der Waals surface area contributed by atoms with E-state index in [1.165, 1.54) is 6.20 Å². The number of carboxylic acid groups (broad SMARTS) is 1.